The number of aryl methyl sites for hydroxylation is 1. The highest BCUT2D eigenvalue weighted by Gasteiger charge is 2.36. The van der Waals surface area contributed by atoms with Crippen molar-refractivity contribution in [3.63, 3.8) is 0 Å². The van der Waals surface area contributed by atoms with E-state index in [-0.39, 0.29) is 24.2 Å². The molecule has 0 unspecified atom stereocenters. The van der Waals surface area contributed by atoms with Crippen molar-refractivity contribution in [2.75, 3.05) is 18.5 Å². The first-order chi connectivity index (χ1) is 11.0. The largest absolute Gasteiger partial charge is 0.467 e. The number of hydrogen-bond acceptors (Lipinski definition) is 3. The Bertz CT molecular complexity index is 692. The van der Waals surface area contributed by atoms with E-state index in [4.69, 9.17) is 4.42 Å². The van der Waals surface area contributed by atoms with E-state index < -0.39 is 0 Å². The molecule has 0 aliphatic carbocycles. The molecule has 2 amide bonds. The van der Waals surface area contributed by atoms with Gasteiger partial charge in [-0.05, 0) is 31.2 Å². The van der Waals surface area contributed by atoms with Gasteiger partial charge in [-0.25, -0.2) is 0 Å². The van der Waals surface area contributed by atoms with Crippen molar-refractivity contribution < 1.29 is 14.0 Å². The molecule has 2 aromatic rings. The average molecular weight is 312 g/mol. The molecule has 0 N–H and O–H groups in total. The molecule has 0 saturated carbocycles. The topological polar surface area (TPSA) is 53.8 Å². The van der Waals surface area contributed by atoms with Gasteiger partial charge in [-0.15, -0.1) is 0 Å². The van der Waals surface area contributed by atoms with Crippen LogP contribution in [0.2, 0.25) is 0 Å². The Morgan fingerprint density at radius 2 is 2.04 bits per heavy atom. The third-order valence-electron chi connectivity index (χ3n) is 4.17. The Morgan fingerprint density at radius 3 is 2.70 bits per heavy atom. The van der Waals surface area contributed by atoms with Crippen molar-refractivity contribution in [1.29, 1.82) is 0 Å². The molecule has 1 fully saturated rings. The molecule has 5 nitrogen and oxygen atoms in total. The van der Waals surface area contributed by atoms with Gasteiger partial charge in [0.2, 0.25) is 11.8 Å². The molecule has 1 aromatic carbocycles. The van der Waals surface area contributed by atoms with E-state index in [1.807, 2.05) is 37.3 Å². The van der Waals surface area contributed by atoms with Gasteiger partial charge in [0, 0.05) is 25.7 Å². The van der Waals surface area contributed by atoms with Crippen LogP contribution >= 0.6 is 0 Å². The molecule has 1 saturated heterocycles. The van der Waals surface area contributed by atoms with Gasteiger partial charge in [0.15, 0.2) is 0 Å². The van der Waals surface area contributed by atoms with Crippen molar-refractivity contribution in [1.82, 2.24) is 4.90 Å². The van der Waals surface area contributed by atoms with Crippen LogP contribution in [0.1, 0.15) is 17.7 Å². The number of hydrogen-bond donors (Lipinski definition) is 0. The second kappa shape index (κ2) is 6.28. The van der Waals surface area contributed by atoms with Crippen LogP contribution in [-0.4, -0.2) is 30.3 Å². The molecule has 1 aliphatic heterocycles. The van der Waals surface area contributed by atoms with E-state index in [9.17, 15) is 9.59 Å². The summed E-state index contributed by atoms with van der Waals surface area (Å²) in [5.41, 5.74) is 2.00. The minimum Gasteiger partial charge on any atom is -0.467 e. The molecule has 1 atom stereocenters. The van der Waals surface area contributed by atoms with Gasteiger partial charge in [0.25, 0.3) is 0 Å². The fraction of sp³-hybridized carbons (Fsp3) is 0.333. The lowest BCUT2D eigenvalue weighted by atomic mass is 10.1. The summed E-state index contributed by atoms with van der Waals surface area (Å²) in [5.74, 6) is 0.410. The number of rotatable bonds is 4. The summed E-state index contributed by atoms with van der Waals surface area (Å²) in [7, 11) is 1.74. The molecule has 3 rings (SSSR count). The zero-order valence-electron chi connectivity index (χ0n) is 13.4. The number of furan rings is 1. The highest BCUT2D eigenvalue weighted by Crippen LogP contribution is 2.26. The Hall–Kier alpha value is -2.56. The summed E-state index contributed by atoms with van der Waals surface area (Å²) >= 11 is 0. The molecule has 2 heterocycles. The highest BCUT2D eigenvalue weighted by molar-refractivity contribution is 6.00. The smallest absolute Gasteiger partial charge is 0.228 e. The summed E-state index contributed by atoms with van der Waals surface area (Å²) in [6.45, 7) is 2.86. The first kappa shape index (κ1) is 15.3. The number of anilines is 1. The second-order valence-electron chi connectivity index (χ2n) is 6.01. The van der Waals surface area contributed by atoms with Crippen LogP contribution in [-0.2, 0) is 16.1 Å². The van der Waals surface area contributed by atoms with Crippen LogP contribution in [0.15, 0.2) is 47.1 Å². The lowest BCUT2D eigenvalue weighted by Crippen LogP contribution is -2.34. The highest BCUT2D eigenvalue weighted by atomic mass is 16.3. The first-order valence-electron chi connectivity index (χ1n) is 7.69. The lowest BCUT2D eigenvalue weighted by Gasteiger charge is -2.20. The third-order valence-corrected chi connectivity index (χ3v) is 4.17. The summed E-state index contributed by atoms with van der Waals surface area (Å²) in [6.07, 6.45) is 1.85. The molecule has 5 heteroatoms. The Kier molecular flexibility index (Phi) is 4.19. The fourth-order valence-electron chi connectivity index (χ4n) is 2.87. The fourth-order valence-corrected chi connectivity index (χ4v) is 2.87. The Balaban J connectivity index is 1.66. The summed E-state index contributed by atoms with van der Waals surface area (Å²) in [5, 5.41) is 0. The maximum atomic E-state index is 12.6. The summed E-state index contributed by atoms with van der Waals surface area (Å²) in [4.78, 5) is 28.1. The van der Waals surface area contributed by atoms with Gasteiger partial charge in [-0.2, -0.15) is 0 Å². The summed E-state index contributed by atoms with van der Waals surface area (Å²) < 4.78 is 5.27. The maximum absolute atomic E-state index is 12.6. The molecule has 0 radical (unpaired) electrons. The number of benzene rings is 1. The van der Waals surface area contributed by atoms with E-state index in [2.05, 4.69) is 0 Å². The second-order valence-corrected chi connectivity index (χ2v) is 6.01. The van der Waals surface area contributed by atoms with Crippen LogP contribution in [0.25, 0.3) is 0 Å². The van der Waals surface area contributed by atoms with Crippen LogP contribution in [0.3, 0.4) is 0 Å². The van der Waals surface area contributed by atoms with Crippen LogP contribution in [0.4, 0.5) is 5.69 Å². The van der Waals surface area contributed by atoms with Crippen LogP contribution in [0.5, 0.6) is 0 Å². The number of nitrogens with zero attached hydrogens (tertiary/aromatic N) is 2. The zero-order chi connectivity index (χ0) is 16.4. The van der Waals surface area contributed by atoms with Crippen molar-refractivity contribution in [3.8, 4) is 0 Å². The van der Waals surface area contributed by atoms with E-state index >= 15 is 0 Å². The lowest BCUT2D eigenvalue weighted by molar-refractivity contribution is -0.135. The van der Waals surface area contributed by atoms with E-state index in [0.717, 1.165) is 17.0 Å². The summed E-state index contributed by atoms with van der Waals surface area (Å²) in [6, 6.07) is 11.4. The number of carbonyl (C=O) groups excluding carboxylic acids is 2. The predicted octanol–water partition coefficient (Wildman–Crippen LogP) is 2.60. The molecule has 0 bridgehead atoms. The van der Waals surface area contributed by atoms with Gasteiger partial charge in [-0.1, -0.05) is 17.7 Å². The van der Waals surface area contributed by atoms with Gasteiger partial charge < -0.3 is 14.2 Å². The minimum absolute atomic E-state index is 0.00129. The van der Waals surface area contributed by atoms with E-state index in [1.54, 1.807) is 29.2 Å². The number of carbonyl (C=O) groups is 2. The molecule has 1 aliphatic rings. The third kappa shape index (κ3) is 3.28. The van der Waals surface area contributed by atoms with Gasteiger partial charge >= 0.3 is 0 Å². The van der Waals surface area contributed by atoms with Crippen molar-refractivity contribution in [2.24, 2.45) is 5.92 Å². The first-order valence-corrected chi connectivity index (χ1v) is 7.69. The van der Waals surface area contributed by atoms with Crippen molar-refractivity contribution in [3.05, 3.63) is 54.0 Å². The van der Waals surface area contributed by atoms with Gasteiger partial charge in [-0.3, -0.25) is 9.59 Å². The zero-order valence-corrected chi connectivity index (χ0v) is 13.4. The monoisotopic (exact) mass is 312 g/mol. The average Bonchev–Trinajstić information content (AvgIpc) is 3.17. The van der Waals surface area contributed by atoms with Gasteiger partial charge in [0.05, 0.1) is 18.7 Å². The maximum Gasteiger partial charge on any atom is 0.228 e. The van der Waals surface area contributed by atoms with Crippen molar-refractivity contribution >= 4 is 17.5 Å². The number of amides is 2. The molecule has 120 valence electrons. The quantitative estimate of drug-likeness (QED) is 0.872. The molecular formula is C18H20N2O3. The Morgan fingerprint density at radius 1 is 1.30 bits per heavy atom. The predicted molar refractivity (Wildman–Crippen MR) is 86.8 cm³/mol. The van der Waals surface area contributed by atoms with Crippen molar-refractivity contribution in [2.45, 2.75) is 19.9 Å². The molecular weight excluding hydrogens is 292 g/mol. The van der Waals surface area contributed by atoms with Crippen LogP contribution in [0, 0.1) is 12.8 Å². The molecule has 0 spiro atoms. The minimum atomic E-state index is -0.302. The molecule has 23 heavy (non-hydrogen) atoms. The standard InChI is InChI=1S/C18H20N2O3/c1-13-5-7-15(8-6-13)20-11-14(10-17(20)21)18(22)19(2)12-16-4-3-9-23-16/h3-9,14H,10-12H2,1-2H3/t14-/m0/s1. The SMILES string of the molecule is Cc1ccc(N2C[C@@H](C(=O)N(C)Cc3ccco3)CC2=O)cc1. The van der Waals surface area contributed by atoms with E-state index in [1.165, 1.54) is 0 Å². The normalized spacial score (nSPS) is 17.6. The van der Waals surface area contributed by atoms with E-state index in [0.29, 0.717) is 13.1 Å². The van der Waals surface area contributed by atoms with Crippen LogP contribution < -0.4 is 4.90 Å². The van der Waals surface area contributed by atoms with Gasteiger partial charge in [0.1, 0.15) is 5.76 Å². The molecule has 1 aromatic heterocycles. The Labute approximate surface area is 135 Å².